The van der Waals surface area contributed by atoms with E-state index in [1.165, 1.54) is 6.42 Å². The predicted octanol–water partition coefficient (Wildman–Crippen LogP) is 3.46. The lowest BCUT2D eigenvalue weighted by Gasteiger charge is -2.20. The minimum absolute atomic E-state index is 0.109. The number of hydrogen-bond acceptors (Lipinski definition) is 2. The van der Waals surface area contributed by atoms with Gasteiger partial charge in [0.05, 0.1) is 10.5 Å². The van der Waals surface area contributed by atoms with Crippen LogP contribution in [-0.4, -0.2) is 16.6 Å². The molecule has 0 radical (unpaired) electrons. The van der Waals surface area contributed by atoms with Gasteiger partial charge < -0.3 is 9.72 Å². The summed E-state index contributed by atoms with van der Waals surface area (Å²) in [4.78, 5) is 7.81. The van der Waals surface area contributed by atoms with Gasteiger partial charge in [-0.3, -0.25) is 0 Å². The summed E-state index contributed by atoms with van der Waals surface area (Å²) in [6, 6.07) is 5.77. The average molecular weight is 237 g/mol. The van der Waals surface area contributed by atoms with Crippen LogP contribution in [0.2, 0.25) is 5.02 Å². The number of hydrogen-bond donors (Lipinski definition) is 1. The summed E-state index contributed by atoms with van der Waals surface area (Å²) in [5, 5.41) is 0.691. The Hall–Kier alpha value is -1.06. The van der Waals surface area contributed by atoms with Gasteiger partial charge in [0.1, 0.15) is 17.4 Å². The molecule has 84 valence electrons. The molecule has 1 saturated heterocycles. The molecule has 1 N–H and O–H groups in total. The van der Waals surface area contributed by atoms with Gasteiger partial charge in [0.25, 0.3) is 0 Å². The maximum absolute atomic E-state index is 6.09. The number of imidazole rings is 1. The molecule has 1 fully saturated rings. The second-order valence-corrected chi connectivity index (χ2v) is 4.52. The van der Waals surface area contributed by atoms with Crippen molar-refractivity contribution in [3.05, 3.63) is 29.0 Å². The Morgan fingerprint density at radius 1 is 1.38 bits per heavy atom. The Morgan fingerprint density at radius 2 is 2.31 bits per heavy atom. The van der Waals surface area contributed by atoms with Crippen LogP contribution in [0.5, 0.6) is 0 Å². The number of para-hydroxylation sites is 1. The van der Waals surface area contributed by atoms with Crippen molar-refractivity contribution in [1.82, 2.24) is 9.97 Å². The van der Waals surface area contributed by atoms with Gasteiger partial charge in [0.15, 0.2) is 0 Å². The molecule has 16 heavy (non-hydrogen) atoms. The number of nitrogens with zero attached hydrogens (tertiary/aromatic N) is 1. The maximum Gasteiger partial charge on any atom is 0.136 e. The number of nitrogens with one attached hydrogen (secondary N) is 1. The van der Waals surface area contributed by atoms with Crippen LogP contribution in [0.3, 0.4) is 0 Å². The third kappa shape index (κ3) is 1.70. The van der Waals surface area contributed by atoms with E-state index < -0.39 is 0 Å². The average Bonchev–Trinajstić information content (AvgIpc) is 2.76. The number of halogens is 1. The first-order valence-corrected chi connectivity index (χ1v) is 5.98. The third-order valence-electron chi connectivity index (χ3n) is 2.97. The van der Waals surface area contributed by atoms with Gasteiger partial charge in [-0.1, -0.05) is 17.7 Å². The number of rotatable bonds is 1. The SMILES string of the molecule is Clc1cccc2[nH]c(C3CCCCO3)nc12. The molecular formula is C12H13ClN2O. The standard InChI is InChI=1S/C12H13ClN2O/c13-8-4-3-5-9-11(8)15-12(14-9)10-6-1-2-7-16-10/h3-5,10H,1-2,6-7H2,(H,14,15). The second-order valence-electron chi connectivity index (χ2n) is 4.11. The molecule has 0 amide bonds. The highest BCUT2D eigenvalue weighted by Crippen LogP contribution is 2.29. The number of H-pyrrole nitrogens is 1. The van der Waals surface area contributed by atoms with Crippen molar-refractivity contribution in [1.29, 1.82) is 0 Å². The normalized spacial score (nSPS) is 21.4. The van der Waals surface area contributed by atoms with Crippen LogP contribution in [0.4, 0.5) is 0 Å². The Bertz CT molecular complexity index is 503. The van der Waals surface area contributed by atoms with Crippen molar-refractivity contribution in [3.63, 3.8) is 0 Å². The van der Waals surface area contributed by atoms with Gasteiger partial charge in [-0.15, -0.1) is 0 Å². The first-order valence-electron chi connectivity index (χ1n) is 5.60. The number of aromatic amines is 1. The highest BCUT2D eigenvalue weighted by molar-refractivity contribution is 6.34. The zero-order valence-electron chi connectivity index (χ0n) is 8.87. The monoisotopic (exact) mass is 236 g/mol. The Kier molecular flexibility index (Phi) is 2.58. The molecule has 1 atom stereocenters. The molecule has 0 bridgehead atoms. The first-order chi connectivity index (χ1) is 7.84. The van der Waals surface area contributed by atoms with E-state index in [4.69, 9.17) is 16.3 Å². The van der Waals surface area contributed by atoms with Crippen LogP contribution in [0.25, 0.3) is 11.0 Å². The topological polar surface area (TPSA) is 37.9 Å². The predicted molar refractivity (Wildman–Crippen MR) is 63.6 cm³/mol. The van der Waals surface area contributed by atoms with Crippen molar-refractivity contribution in [3.8, 4) is 0 Å². The molecule has 0 saturated carbocycles. The lowest BCUT2D eigenvalue weighted by molar-refractivity contribution is 0.0101. The molecular weight excluding hydrogens is 224 g/mol. The molecule has 1 aliphatic rings. The molecule has 3 nitrogen and oxygen atoms in total. The number of benzene rings is 1. The largest absolute Gasteiger partial charge is 0.370 e. The smallest absolute Gasteiger partial charge is 0.136 e. The Labute approximate surface area is 98.8 Å². The van der Waals surface area contributed by atoms with Crippen LogP contribution in [0.1, 0.15) is 31.2 Å². The van der Waals surface area contributed by atoms with E-state index in [-0.39, 0.29) is 6.10 Å². The zero-order chi connectivity index (χ0) is 11.0. The molecule has 3 rings (SSSR count). The summed E-state index contributed by atoms with van der Waals surface area (Å²) in [6.07, 6.45) is 3.50. The van der Waals surface area contributed by atoms with Crippen molar-refractivity contribution in [2.24, 2.45) is 0 Å². The molecule has 0 spiro atoms. The van der Waals surface area contributed by atoms with Crippen LogP contribution < -0.4 is 0 Å². The molecule has 0 aliphatic carbocycles. The van der Waals surface area contributed by atoms with Crippen molar-refractivity contribution in [2.45, 2.75) is 25.4 Å². The Balaban J connectivity index is 2.01. The fourth-order valence-electron chi connectivity index (χ4n) is 2.13. The van der Waals surface area contributed by atoms with Gasteiger partial charge in [-0.25, -0.2) is 4.98 Å². The van der Waals surface area contributed by atoms with Crippen molar-refractivity contribution < 1.29 is 4.74 Å². The molecule has 2 aromatic rings. The fraction of sp³-hybridized carbons (Fsp3) is 0.417. The second kappa shape index (κ2) is 4.07. The third-order valence-corrected chi connectivity index (χ3v) is 3.27. The summed E-state index contributed by atoms with van der Waals surface area (Å²) >= 11 is 6.09. The van der Waals surface area contributed by atoms with Gasteiger partial charge in [0.2, 0.25) is 0 Å². The maximum atomic E-state index is 6.09. The lowest BCUT2D eigenvalue weighted by atomic mass is 10.1. The van der Waals surface area contributed by atoms with Gasteiger partial charge in [-0.2, -0.15) is 0 Å². The molecule has 1 aromatic heterocycles. The summed E-state index contributed by atoms with van der Waals surface area (Å²) < 4.78 is 5.70. The molecule has 2 heterocycles. The van der Waals surface area contributed by atoms with E-state index >= 15 is 0 Å². The van der Waals surface area contributed by atoms with E-state index in [1.54, 1.807) is 0 Å². The van der Waals surface area contributed by atoms with Gasteiger partial charge in [0, 0.05) is 6.61 Å². The molecule has 1 aliphatic heterocycles. The fourth-order valence-corrected chi connectivity index (χ4v) is 2.34. The van der Waals surface area contributed by atoms with Crippen molar-refractivity contribution >= 4 is 22.6 Å². The van der Waals surface area contributed by atoms with E-state index in [2.05, 4.69) is 9.97 Å². The van der Waals surface area contributed by atoms with Gasteiger partial charge >= 0.3 is 0 Å². The Morgan fingerprint density at radius 3 is 3.06 bits per heavy atom. The number of ether oxygens (including phenoxy) is 1. The number of aromatic nitrogens is 2. The van der Waals surface area contributed by atoms with E-state index in [0.717, 1.165) is 36.3 Å². The van der Waals surface area contributed by atoms with Crippen LogP contribution in [-0.2, 0) is 4.74 Å². The van der Waals surface area contributed by atoms with Crippen LogP contribution in [0.15, 0.2) is 18.2 Å². The molecule has 1 unspecified atom stereocenters. The highest BCUT2D eigenvalue weighted by Gasteiger charge is 2.19. The van der Waals surface area contributed by atoms with E-state index in [9.17, 15) is 0 Å². The summed E-state index contributed by atoms with van der Waals surface area (Å²) in [5.74, 6) is 0.905. The molecule has 1 aromatic carbocycles. The van der Waals surface area contributed by atoms with Gasteiger partial charge in [-0.05, 0) is 31.4 Å². The van der Waals surface area contributed by atoms with E-state index in [0.29, 0.717) is 5.02 Å². The summed E-state index contributed by atoms with van der Waals surface area (Å²) in [6.45, 7) is 0.829. The number of fused-ring (bicyclic) bond motifs is 1. The van der Waals surface area contributed by atoms with Crippen LogP contribution in [0, 0.1) is 0 Å². The summed E-state index contributed by atoms with van der Waals surface area (Å²) in [5.41, 5.74) is 1.82. The minimum atomic E-state index is 0.109. The first kappa shape index (κ1) is 10.1. The summed E-state index contributed by atoms with van der Waals surface area (Å²) in [7, 11) is 0. The van der Waals surface area contributed by atoms with Crippen molar-refractivity contribution in [2.75, 3.05) is 6.61 Å². The highest BCUT2D eigenvalue weighted by atomic mass is 35.5. The quantitative estimate of drug-likeness (QED) is 0.824. The van der Waals surface area contributed by atoms with E-state index in [1.807, 2.05) is 18.2 Å². The van der Waals surface area contributed by atoms with Crippen LogP contribution >= 0.6 is 11.6 Å². The minimum Gasteiger partial charge on any atom is -0.370 e. The molecule has 4 heteroatoms. The zero-order valence-corrected chi connectivity index (χ0v) is 9.63. The lowest BCUT2D eigenvalue weighted by Crippen LogP contribution is -2.12.